The fraction of sp³-hybridized carbons (Fsp3) is 0.381. The van der Waals surface area contributed by atoms with Gasteiger partial charge in [-0.2, -0.15) is 0 Å². The smallest absolute Gasteiger partial charge is 0.409 e. The number of carboxylic acids is 2. The highest BCUT2D eigenvalue weighted by atomic mass is 16.6. The van der Waals surface area contributed by atoms with E-state index in [1.165, 1.54) is 22.0 Å². The van der Waals surface area contributed by atoms with Gasteiger partial charge in [0, 0.05) is 42.8 Å². The molecule has 1 aromatic heterocycles. The molecule has 0 bridgehead atoms. The molecule has 3 rings (SSSR count). The lowest BCUT2D eigenvalue weighted by Gasteiger charge is -2.16. The van der Waals surface area contributed by atoms with Crippen molar-refractivity contribution in [1.82, 2.24) is 14.8 Å². The van der Waals surface area contributed by atoms with Crippen LogP contribution in [0.2, 0.25) is 0 Å². The summed E-state index contributed by atoms with van der Waals surface area (Å²) < 4.78 is 5.09. The maximum atomic E-state index is 11.4. The molecule has 1 atom stereocenters. The number of amides is 1. The lowest BCUT2D eigenvalue weighted by atomic mass is 10.0. The third-order valence-corrected chi connectivity index (χ3v) is 4.73. The van der Waals surface area contributed by atoms with Gasteiger partial charge in [-0.1, -0.05) is 6.07 Å². The number of ether oxygens (including phenoxy) is 1. The Morgan fingerprint density at radius 1 is 1.27 bits per heavy atom. The number of rotatable bonds is 7. The van der Waals surface area contributed by atoms with E-state index in [1.807, 2.05) is 0 Å². The molecule has 162 valence electrons. The number of carboxylic acid groups (broad SMARTS) is 2. The van der Waals surface area contributed by atoms with Crippen molar-refractivity contribution in [3.63, 3.8) is 0 Å². The Labute approximate surface area is 174 Å². The Kier molecular flexibility index (Phi) is 7.99. The Morgan fingerprint density at radius 3 is 2.47 bits per heavy atom. The average Bonchev–Trinajstić information content (AvgIpc) is 3.23. The van der Waals surface area contributed by atoms with E-state index in [1.54, 1.807) is 11.9 Å². The van der Waals surface area contributed by atoms with Crippen LogP contribution in [-0.2, 0) is 27.2 Å². The van der Waals surface area contributed by atoms with Gasteiger partial charge in [-0.25, -0.2) is 14.4 Å². The molecule has 1 aromatic carbocycles. The molecule has 0 radical (unpaired) electrons. The molecular weight excluding hydrogens is 390 g/mol. The molecule has 30 heavy (non-hydrogen) atoms. The number of likely N-dealkylation sites (N-methyl/N-ethyl adjacent to an activating group) is 2. The van der Waals surface area contributed by atoms with E-state index in [2.05, 4.69) is 48.4 Å². The molecule has 1 aliphatic heterocycles. The number of carbonyl (C=O) groups excluding carboxylic acids is 1. The van der Waals surface area contributed by atoms with Crippen LogP contribution in [0.25, 0.3) is 10.9 Å². The van der Waals surface area contributed by atoms with Crippen LogP contribution < -0.4 is 0 Å². The van der Waals surface area contributed by atoms with E-state index in [9.17, 15) is 14.4 Å². The van der Waals surface area contributed by atoms with Gasteiger partial charge in [-0.05, 0) is 50.2 Å². The molecule has 0 aliphatic carbocycles. The molecule has 0 unspecified atom stereocenters. The summed E-state index contributed by atoms with van der Waals surface area (Å²) in [6.45, 7) is 1.51. The van der Waals surface area contributed by atoms with E-state index in [4.69, 9.17) is 14.9 Å². The minimum atomic E-state index is -1.26. The summed E-state index contributed by atoms with van der Waals surface area (Å²) in [4.78, 5) is 37.8. The fourth-order valence-corrected chi connectivity index (χ4v) is 3.04. The van der Waals surface area contributed by atoms with Gasteiger partial charge in [-0.3, -0.25) is 0 Å². The van der Waals surface area contributed by atoms with Crippen molar-refractivity contribution in [3.05, 3.63) is 47.7 Å². The number of aromatic amines is 1. The maximum absolute atomic E-state index is 11.4. The largest absolute Gasteiger partial charge is 0.478 e. The van der Waals surface area contributed by atoms with Gasteiger partial charge in [0.2, 0.25) is 0 Å². The Morgan fingerprint density at radius 2 is 1.93 bits per heavy atom. The van der Waals surface area contributed by atoms with E-state index < -0.39 is 11.9 Å². The highest BCUT2D eigenvalue weighted by molar-refractivity contribution is 5.89. The first-order valence-corrected chi connectivity index (χ1v) is 9.44. The van der Waals surface area contributed by atoms with Gasteiger partial charge in [0.1, 0.15) is 6.61 Å². The number of aromatic nitrogens is 1. The minimum absolute atomic E-state index is 0.133. The van der Waals surface area contributed by atoms with Crippen molar-refractivity contribution in [2.45, 2.75) is 18.9 Å². The number of aliphatic carboxylic acids is 2. The highest BCUT2D eigenvalue weighted by Crippen LogP contribution is 2.23. The second-order valence-corrected chi connectivity index (χ2v) is 7.30. The SMILES string of the molecule is CN(C)CCc1c[nH]c2ccc(C[C@H]3COC(=O)N3C)cc12.O=C(O)/C=C\C(=O)O. The van der Waals surface area contributed by atoms with Gasteiger partial charge in [0.15, 0.2) is 0 Å². The number of nitrogens with zero attached hydrogens (tertiary/aromatic N) is 2. The fourth-order valence-electron chi connectivity index (χ4n) is 3.04. The van der Waals surface area contributed by atoms with E-state index in [0.717, 1.165) is 19.4 Å². The minimum Gasteiger partial charge on any atom is -0.478 e. The van der Waals surface area contributed by atoms with Gasteiger partial charge in [0.05, 0.1) is 6.04 Å². The Hall–Kier alpha value is -3.33. The summed E-state index contributed by atoms with van der Waals surface area (Å²) in [5.41, 5.74) is 3.76. The number of benzene rings is 1. The van der Waals surface area contributed by atoms with Crippen molar-refractivity contribution in [3.8, 4) is 0 Å². The molecule has 2 aromatic rings. The number of nitrogens with one attached hydrogen (secondary N) is 1. The predicted molar refractivity (Wildman–Crippen MR) is 112 cm³/mol. The monoisotopic (exact) mass is 417 g/mol. The van der Waals surface area contributed by atoms with Crippen LogP contribution in [0.3, 0.4) is 0 Å². The third kappa shape index (κ3) is 6.63. The third-order valence-electron chi connectivity index (χ3n) is 4.73. The molecule has 0 spiro atoms. The van der Waals surface area contributed by atoms with Crippen LogP contribution in [0.5, 0.6) is 0 Å². The molecule has 1 amide bonds. The number of H-pyrrole nitrogens is 1. The first-order valence-electron chi connectivity index (χ1n) is 9.44. The van der Waals surface area contributed by atoms with Crippen LogP contribution in [0.4, 0.5) is 4.79 Å². The number of hydrogen-bond donors (Lipinski definition) is 3. The Balaban J connectivity index is 0.000000343. The van der Waals surface area contributed by atoms with Gasteiger partial charge >= 0.3 is 18.0 Å². The number of fused-ring (bicyclic) bond motifs is 1. The van der Waals surface area contributed by atoms with Crippen LogP contribution in [0.15, 0.2) is 36.5 Å². The standard InChI is InChI=1S/C17H23N3O2.C4H4O4/c1-19(2)7-6-13-10-18-16-5-4-12(9-15(13)16)8-14-11-22-17(21)20(14)3;5-3(6)1-2-4(7)8/h4-5,9-10,14,18H,6-8,11H2,1-3H3;1-2H,(H,5,6)(H,7,8)/b;2-1-/t14-;/m0./s1. The lowest BCUT2D eigenvalue weighted by molar-refractivity contribution is -0.134. The maximum Gasteiger partial charge on any atom is 0.409 e. The van der Waals surface area contributed by atoms with Crippen molar-refractivity contribution in [2.24, 2.45) is 0 Å². The summed E-state index contributed by atoms with van der Waals surface area (Å²) in [7, 11) is 5.98. The molecular formula is C21H27N3O6. The summed E-state index contributed by atoms with van der Waals surface area (Å²) >= 11 is 0. The molecule has 1 fully saturated rings. The normalized spacial score (nSPS) is 16.1. The van der Waals surface area contributed by atoms with E-state index in [-0.39, 0.29) is 12.1 Å². The molecule has 9 nitrogen and oxygen atoms in total. The van der Waals surface area contributed by atoms with Gasteiger partial charge < -0.3 is 29.7 Å². The lowest BCUT2D eigenvalue weighted by Crippen LogP contribution is -2.31. The summed E-state index contributed by atoms with van der Waals surface area (Å²) in [5, 5.41) is 16.9. The van der Waals surface area contributed by atoms with E-state index in [0.29, 0.717) is 18.8 Å². The summed E-state index contributed by atoms with van der Waals surface area (Å²) in [6, 6.07) is 6.63. The molecule has 1 aliphatic rings. The second kappa shape index (κ2) is 10.4. The van der Waals surface area contributed by atoms with Crippen LogP contribution in [-0.4, -0.2) is 83.4 Å². The molecule has 1 saturated heterocycles. The average molecular weight is 417 g/mol. The zero-order valence-electron chi connectivity index (χ0n) is 17.3. The molecule has 9 heteroatoms. The molecule has 2 heterocycles. The van der Waals surface area contributed by atoms with Gasteiger partial charge in [0.25, 0.3) is 0 Å². The zero-order valence-corrected chi connectivity index (χ0v) is 17.3. The van der Waals surface area contributed by atoms with Gasteiger partial charge in [-0.15, -0.1) is 0 Å². The Bertz CT molecular complexity index is 918. The van der Waals surface area contributed by atoms with Crippen molar-refractivity contribution < 1.29 is 29.3 Å². The number of hydrogen-bond acceptors (Lipinski definition) is 5. The number of cyclic esters (lactones) is 1. The molecule has 3 N–H and O–H groups in total. The summed E-state index contributed by atoms with van der Waals surface area (Å²) in [6.07, 6.45) is 4.86. The predicted octanol–water partition coefficient (Wildman–Crippen LogP) is 1.98. The topological polar surface area (TPSA) is 123 Å². The highest BCUT2D eigenvalue weighted by Gasteiger charge is 2.29. The zero-order chi connectivity index (χ0) is 22.3. The van der Waals surface area contributed by atoms with Crippen molar-refractivity contribution in [2.75, 3.05) is 34.3 Å². The van der Waals surface area contributed by atoms with Crippen LogP contribution in [0, 0.1) is 0 Å². The second-order valence-electron chi connectivity index (χ2n) is 7.30. The summed E-state index contributed by atoms with van der Waals surface area (Å²) in [5.74, 6) is -2.51. The van der Waals surface area contributed by atoms with Crippen LogP contribution >= 0.6 is 0 Å². The molecule has 0 saturated carbocycles. The first-order chi connectivity index (χ1) is 14.2. The van der Waals surface area contributed by atoms with Crippen LogP contribution in [0.1, 0.15) is 11.1 Å². The first kappa shape index (κ1) is 23.0. The van der Waals surface area contributed by atoms with E-state index >= 15 is 0 Å². The quantitative estimate of drug-likeness (QED) is 0.589. The van der Waals surface area contributed by atoms with Crippen molar-refractivity contribution in [1.29, 1.82) is 0 Å². The van der Waals surface area contributed by atoms with Crippen molar-refractivity contribution >= 4 is 28.9 Å². The number of carbonyl (C=O) groups is 3.